The van der Waals surface area contributed by atoms with E-state index in [0.717, 1.165) is 0 Å². The van der Waals surface area contributed by atoms with E-state index in [4.69, 9.17) is 4.74 Å². The lowest BCUT2D eigenvalue weighted by molar-refractivity contribution is -0.143. The number of carbonyl (C=O) groups is 2. The van der Waals surface area contributed by atoms with Gasteiger partial charge in [0.15, 0.2) is 0 Å². The fourth-order valence-electron chi connectivity index (χ4n) is 2.74. The first-order chi connectivity index (χ1) is 7.72. The molecule has 5 heteroatoms. The summed E-state index contributed by atoms with van der Waals surface area (Å²) in [7, 11) is 0. The van der Waals surface area contributed by atoms with Crippen LogP contribution in [0.3, 0.4) is 0 Å². The molecule has 0 aromatic carbocycles. The van der Waals surface area contributed by atoms with Crippen molar-refractivity contribution in [2.75, 3.05) is 6.54 Å². The Morgan fingerprint density at radius 1 is 1.35 bits per heavy atom. The highest BCUT2D eigenvalue weighted by molar-refractivity contribution is 5.82. The first kappa shape index (κ1) is 12.2. The Morgan fingerprint density at radius 3 is 2.41 bits per heavy atom. The average Bonchev–Trinajstić information content (AvgIpc) is 2.60. The molecule has 0 aromatic rings. The van der Waals surface area contributed by atoms with Crippen molar-refractivity contribution in [3.8, 4) is 0 Å². The lowest BCUT2D eigenvalue weighted by Crippen LogP contribution is -2.46. The average molecular weight is 241 g/mol. The van der Waals surface area contributed by atoms with Crippen LogP contribution in [0.4, 0.5) is 4.79 Å². The molecule has 1 heterocycles. The summed E-state index contributed by atoms with van der Waals surface area (Å²) < 4.78 is 5.23. The minimum absolute atomic E-state index is 0.111. The van der Waals surface area contributed by atoms with E-state index in [2.05, 4.69) is 0 Å². The van der Waals surface area contributed by atoms with Crippen molar-refractivity contribution in [2.45, 2.75) is 39.3 Å². The van der Waals surface area contributed by atoms with Gasteiger partial charge in [0.05, 0.1) is 0 Å². The molecule has 1 aliphatic carbocycles. The zero-order valence-electron chi connectivity index (χ0n) is 10.6. The maximum Gasteiger partial charge on any atom is 0.411 e. The summed E-state index contributed by atoms with van der Waals surface area (Å²) in [6.45, 7) is 7.88. The fraction of sp³-hybridized carbons (Fsp3) is 0.833. The molecule has 0 spiro atoms. The summed E-state index contributed by atoms with van der Waals surface area (Å²) in [4.78, 5) is 24.5. The van der Waals surface area contributed by atoms with Crippen molar-refractivity contribution in [3.63, 3.8) is 0 Å². The third-order valence-electron chi connectivity index (χ3n) is 3.62. The normalized spacial score (nSPS) is 35.4. The van der Waals surface area contributed by atoms with Gasteiger partial charge >= 0.3 is 12.1 Å². The molecule has 5 nitrogen and oxygen atoms in total. The van der Waals surface area contributed by atoms with Crippen molar-refractivity contribution in [2.24, 2.45) is 17.8 Å². The third kappa shape index (κ3) is 2.10. The van der Waals surface area contributed by atoms with Crippen LogP contribution in [0.15, 0.2) is 0 Å². The predicted octanol–water partition coefficient (Wildman–Crippen LogP) is 1.57. The first-order valence-corrected chi connectivity index (χ1v) is 5.95. The Kier molecular flexibility index (Phi) is 2.60. The number of hydrogen-bond donors (Lipinski definition) is 1. The molecule has 96 valence electrons. The Labute approximate surface area is 101 Å². The third-order valence-corrected chi connectivity index (χ3v) is 3.62. The van der Waals surface area contributed by atoms with Crippen LogP contribution < -0.4 is 0 Å². The molecule has 2 fully saturated rings. The minimum atomic E-state index is -0.923. The van der Waals surface area contributed by atoms with Gasteiger partial charge in [0.25, 0.3) is 0 Å². The van der Waals surface area contributed by atoms with E-state index in [9.17, 15) is 14.7 Å². The van der Waals surface area contributed by atoms with Gasteiger partial charge in [-0.1, -0.05) is 6.92 Å². The van der Waals surface area contributed by atoms with E-state index >= 15 is 0 Å². The number of fused-ring (bicyclic) bond motifs is 1. The lowest BCUT2D eigenvalue weighted by atomic mass is 10.1. The molecular formula is C12H19NO4. The van der Waals surface area contributed by atoms with Gasteiger partial charge in [-0.3, -0.25) is 4.90 Å². The van der Waals surface area contributed by atoms with Crippen LogP contribution in [0.25, 0.3) is 0 Å². The van der Waals surface area contributed by atoms with Crippen molar-refractivity contribution < 1.29 is 19.4 Å². The van der Waals surface area contributed by atoms with Gasteiger partial charge in [0.2, 0.25) is 0 Å². The van der Waals surface area contributed by atoms with Crippen LogP contribution in [-0.4, -0.2) is 40.3 Å². The Hall–Kier alpha value is -1.26. The van der Waals surface area contributed by atoms with E-state index in [-0.39, 0.29) is 5.92 Å². The van der Waals surface area contributed by atoms with Crippen LogP contribution in [-0.2, 0) is 9.53 Å². The summed E-state index contributed by atoms with van der Waals surface area (Å²) in [5.74, 6) is -0.0638. The summed E-state index contributed by atoms with van der Waals surface area (Å²) >= 11 is 0. The largest absolute Gasteiger partial charge is 0.480 e. The molecule has 0 bridgehead atoms. The quantitative estimate of drug-likeness (QED) is 0.756. The molecule has 1 aliphatic heterocycles. The number of amides is 1. The van der Waals surface area contributed by atoms with Crippen LogP contribution >= 0.6 is 0 Å². The van der Waals surface area contributed by atoms with Crippen molar-refractivity contribution >= 4 is 12.1 Å². The number of aliphatic carboxylic acids is 1. The predicted molar refractivity (Wildman–Crippen MR) is 60.5 cm³/mol. The van der Waals surface area contributed by atoms with Gasteiger partial charge in [-0.25, -0.2) is 9.59 Å². The van der Waals surface area contributed by atoms with Crippen molar-refractivity contribution in [1.29, 1.82) is 0 Å². The second-order valence-electron chi connectivity index (χ2n) is 6.02. The highest BCUT2D eigenvalue weighted by Gasteiger charge is 2.63. The van der Waals surface area contributed by atoms with Gasteiger partial charge in [0, 0.05) is 6.54 Å². The molecule has 1 saturated heterocycles. The molecule has 0 radical (unpaired) electrons. The zero-order chi connectivity index (χ0) is 13.0. The number of piperidine rings is 1. The molecule has 1 amide bonds. The molecule has 2 rings (SSSR count). The monoisotopic (exact) mass is 241 g/mol. The molecule has 1 N–H and O–H groups in total. The Bertz CT molecular complexity index is 360. The Morgan fingerprint density at radius 2 is 1.94 bits per heavy atom. The number of carbonyl (C=O) groups excluding carboxylic acids is 1. The molecular weight excluding hydrogens is 222 g/mol. The molecule has 4 atom stereocenters. The molecule has 0 unspecified atom stereocenters. The van der Waals surface area contributed by atoms with E-state index in [1.54, 1.807) is 20.8 Å². The maximum absolute atomic E-state index is 11.9. The fourth-order valence-corrected chi connectivity index (χ4v) is 2.74. The molecule has 17 heavy (non-hydrogen) atoms. The number of hydrogen-bond acceptors (Lipinski definition) is 3. The maximum atomic E-state index is 11.9. The lowest BCUT2D eigenvalue weighted by Gasteiger charge is -2.29. The number of likely N-dealkylation sites (tertiary alicyclic amines) is 1. The Balaban J connectivity index is 2.07. The van der Waals surface area contributed by atoms with Crippen LogP contribution in [0.5, 0.6) is 0 Å². The number of carboxylic acid groups (broad SMARTS) is 1. The van der Waals surface area contributed by atoms with Crippen LogP contribution in [0.2, 0.25) is 0 Å². The zero-order valence-corrected chi connectivity index (χ0v) is 10.6. The van der Waals surface area contributed by atoms with Gasteiger partial charge < -0.3 is 9.84 Å². The number of carboxylic acids is 1. The van der Waals surface area contributed by atoms with Gasteiger partial charge in [-0.15, -0.1) is 0 Å². The van der Waals surface area contributed by atoms with Crippen molar-refractivity contribution in [3.05, 3.63) is 0 Å². The summed E-state index contributed by atoms with van der Waals surface area (Å²) in [6, 6.07) is -0.704. The number of rotatable bonds is 1. The molecule has 0 aromatic heterocycles. The second-order valence-corrected chi connectivity index (χ2v) is 6.02. The van der Waals surface area contributed by atoms with Gasteiger partial charge in [-0.05, 0) is 38.5 Å². The van der Waals surface area contributed by atoms with Gasteiger partial charge in [-0.2, -0.15) is 0 Å². The van der Waals surface area contributed by atoms with Crippen molar-refractivity contribution in [1.82, 2.24) is 4.90 Å². The highest BCUT2D eigenvalue weighted by atomic mass is 16.6. The highest BCUT2D eigenvalue weighted by Crippen LogP contribution is 2.55. The molecule has 2 aliphatic rings. The van der Waals surface area contributed by atoms with Gasteiger partial charge in [0.1, 0.15) is 11.6 Å². The topological polar surface area (TPSA) is 66.8 Å². The summed E-state index contributed by atoms with van der Waals surface area (Å²) in [5, 5.41) is 9.20. The minimum Gasteiger partial charge on any atom is -0.480 e. The second kappa shape index (κ2) is 3.62. The summed E-state index contributed by atoms with van der Waals surface area (Å²) in [5.41, 5.74) is -0.585. The van der Waals surface area contributed by atoms with E-state index in [1.807, 2.05) is 6.92 Å². The SMILES string of the molecule is C[C@@H]1[C@@H]2CN(C(=O)OC(C)(C)C)[C@H](C(=O)O)[C@H]12. The van der Waals surface area contributed by atoms with Crippen LogP contribution in [0, 0.1) is 17.8 Å². The molecule has 1 saturated carbocycles. The number of ether oxygens (including phenoxy) is 1. The summed E-state index contributed by atoms with van der Waals surface area (Å²) in [6.07, 6.45) is -0.510. The van der Waals surface area contributed by atoms with E-state index in [1.165, 1.54) is 4.90 Å². The van der Waals surface area contributed by atoms with Crippen LogP contribution in [0.1, 0.15) is 27.7 Å². The standard InChI is InChI=1S/C12H19NO4/c1-6-7-5-13(9(8(6)7)10(14)15)11(16)17-12(2,3)4/h6-9H,5H2,1-4H3,(H,14,15)/t6-,7+,8-,9+/m1/s1. The number of nitrogens with zero attached hydrogens (tertiary/aromatic N) is 1. The van der Waals surface area contributed by atoms with E-state index < -0.39 is 23.7 Å². The van der Waals surface area contributed by atoms with E-state index in [0.29, 0.717) is 18.4 Å². The smallest absolute Gasteiger partial charge is 0.411 e. The first-order valence-electron chi connectivity index (χ1n) is 5.95.